The molecule has 0 radical (unpaired) electrons. The van der Waals surface area contributed by atoms with Gasteiger partial charge in [-0.05, 0) is 35.9 Å². The Morgan fingerprint density at radius 2 is 2.08 bits per heavy atom. The van der Waals surface area contributed by atoms with Crippen LogP contribution in [0.1, 0.15) is 22.0 Å². The molecule has 25 heavy (non-hydrogen) atoms. The van der Waals surface area contributed by atoms with Crippen LogP contribution < -0.4 is 20.1 Å². The molecule has 7 nitrogen and oxygen atoms in total. The van der Waals surface area contributed by atoms with E-state index in [4.69, 9.17) is 9.47 Å². The van der Waals surface area contributed by atoms with Crippen molar-refractivity contribution in [3.8, 4) is 11.5 Å². The molecule has 0 spiro atoms. The maximum atomic E-state index is 12.2. The van der Waals surface area contributed by atoms with E-state index in [1.54, 1.807) is 49.6 Å². The molecule has 1 unspecified atom stereocenters. The van der Waals surface area contributed by atoms with E-state index in [1.165, 1.54) is 0 Å². The molecule has 3 rings (SSSR count). The average Bonchev–Trinajstić information content (AvgIpc) is 2.65. The predicted octanol–water partition coefficient (Wildman–Crippen LogP) is 1.49. The Balaban J connectivity index is 1.61. The number of hydrogen-bond donors (Lipinski definition) is 3. The van der Waals surface area contributed by atoms with E-state index in [-0.39, 0.29) is 25.0 Å². The molecule has 0 fully saturated rings. The lowest BCUT2D eigenvalue weighted by molar-refractivity contribution is -0.118. The van der Waals surface area contributed by atoms with Crippen LogP contribution in [-0.4, -0.2) is 37.2 Å². The van der Waals surface area contributed by atoms with Crippen molar-refractivity contribution in [1.29, 1.82) is 0 Å². The molecular weight excluding hydrogens is 324 g/mol. The monoisotopic (exact) mass is 342 g/mol. The Hall–Kier alpha value is -3.06. The number of aliphatic hydroxyl groups is 1. The summed E-state index contributed by atoms with van der Waals surface area (Å²) in [5.41, 5.74) is 1.60. The predicted molar refractivity (Wildman–Crippen MR) is 90.9 cm³/mol. The van der Waals surface area contributed by atoms with Crippen LogP contribution in [0.4, 0.5) is 5.69 Å². The normalized spacial score (nSPS) is 13.9. The quantitative estimate of drug-likeness (QED) is 0.765. The van der Waals surface area contributed by atoms with E-state index in [0.717, 1.165) is 0 Å². The van der Waals surface area contributed by atoms with E-state index in [0.29, 0.717) is 28.3 Å². The highest BCUT2D eigenvalue weighted by molar-refractivity contribution is 5.98. The van der Waals surface area contributed by atoms with Gasteiger partial charge in [0.25, 0.3) is 11.8 Å². The van der Waals surface area contributed by atoms with E-state index in [9.17, 15) is 14.7 Å². The Morgan fingerprint density at radius 3 is 2.80 bits per heavy atom. The van der Waals surface area contributed by atoms with Crippen LogP contribution in [0.5, 0.6) is 11.5 Å². The van der Waals surface area contributed by atoms with Gasteiger partial charge < -0.3 is 25.2 Å². The smallest absolute Gasteiger partial charge is 0.262 e. The first-order valence-electron chi connectivity index (χ1n) is 7.74. The summed E-state index contributed by atoms with van der Waals surface area (Å²) in [5, 5.41) is 15.5. The molecule has 1 heterocycles. The largest absolute Gasteiger partial charge is 0.497 e. The molecule has 130 valence electrons. The summed E-state index contributed by atoms with van der Waals surface area (Å²) in [5.74, 6) is 0.576. The van der Waals surface area contributed by atoms with E-state index in [1.807, 2.05) is 0 Å². The number of methoxy groups -OCH3 is 1. The Bertz CT molecular complexity index is 789. The number of amides is 2. The third kappa shape index (κ3) is 3.89. The van der Waals surface area contributed by atoms with E-state index in [2.05, 4.69) is 10.6 Å². The number of benzene rings is 2. The maximum Gasteiger partial charge on any atom is 0.262 e. The summed E-state index contributed by atoms with van der Waals surface area (Å²) >= 11 is 0. The van der Waals surface area contributed by atoms with Crippen molar-refractivity contribution >= 4 is 17.5 Å². The highest BCUT2D eigenvalue weighted by atomic mass is 16.5. The topological polar surface area (TPSA) is 96.9 Å². The van der Waals surface area contributed by atoms with Gasteiger partial charge in [-0.15, -0.1) is 0 Å². The first kappa shape index (κ1) is 16.8. The van der Waals surface area contributed by atoms with Gasteiger partial charge in [0.1, 0.15) is 11.5 Å². The fourth-order valence-electron chi connectivity index (χ4n) is 2.45. The number of carbonyl (C=O) groups is 2. The molecule has 2 aromatic carbocycles. The van der Waals surface area contributed by atoms with Gasteiger partial charge in [-0.3, -0.25) is 9.59 Å². The van der Waals surface area contributed by atoms with Crippen molar-refractivity contribution < 1.29 is 24.2 Å². The van der Waals surface area contributed by atoms with Gasteiger partial charge in [-0.1, -0.05) is 12.1 Å². The van der Waals surface area contributed by atoms with Crippen LogP contribution in [0, 0.1) is 0 Å². The van der Waals surface area contributed by atoms with Crippen LogP contribution in [-0.2, 0) is 4.79 Å². The van der Waals surface area contributed by atoms with Crippen LogP contribution in [0.2, 0.25) is 0 Å². The molecular formula is C18H18N2O5. The van der Waals surface area contributed by atoms with Gasteiger partial charge in [0.05, 0.1) is 18.9 Å². The van der Waals surface area contributed by atoms with Gasteiger partial charge in [0, 0.05) is 12.1 Å². The summed E-state index contributed by atoms with van der Waals surface area (Å²) in [6, 6.07) is 11.7. The van der Waals surface area contributed by atoms with Gasteiger partial charge in [-0.2, -0.15) is 0 Å². The van der Waals surface area contributed by atoms with Gasteiger partial charge in [0.2, 0.25) is 0 Å². The van der Waals surface area contributed by atoms with Crippen molar-refractivity contribution in [2.75, 3.05) is 25.6 Å². The zero-order valence-corrected chi connectivity index (χ0v) is 13.6. The second-order valence-corrected chi connectivity index (χ2v) is 5.55. The van der Waals surface area contributed by atoms with Gasteiger partial charge in [0.15, 0.2) is 6.61 Å². The number of carbonyl (C=O) groups excluding carboxylic acids is 2. The minimum atomic E-state index is -0.831. The number of nitrogens with one attached hydrogen (secondary N) is 2. The standard InChI is InChI=1S/C18H18N2O5/c1-24-13-5-2-11(3-6-13)15(21)9-19-18(23)12-4-7-14-16(8-12)25-10-17(22)20-14/h2-8,15,21H,9-10H2,1H3,(H,19,23)(H,20,22). The van der Waals surface area contributed by atoms with Crippen molar-refractivity contribution in [1.82, 2.24) is 5.32 Å². The van der Waals surface area contributed by atoms with Crippen LogP contribution in [0.25, 0.3) is 0 Å². The van der Waals surface area contributed by atoms with E-state index < -0.39 is 6.10 Å². The average molecular weight is 342 g/mol. The molecule has 0 saturated heterocycles. The summed E-state index contributed by atoms with van der Waals surface area (Å²) in [4.78, 5) is 23.5. The second kappa shape index (κ2) is 7.23. The summed E-state index contributed by atoms with van der Waals surface area (Å²) in [6.07, 6.45) is -0.831. The number of aliphatic hydroxyl groups excluding tert-OH is 1. The molecule has 1 aliphatic rings. The summed E-state index contributed by atoms with van der Waals surface area (Å²) in [6.45, 7) is -0.00586. The Labute approximate surface area is 144 Å². The lowest BCUT2D eigenvalue weighted by Crippen LogP contribution is -2.29. The lowest BCUT2D eigenvalue weighted by atomic mass is 10.1. The highest BCUT2D eigenvalue weighted by Crippen LogP contribution is 2.28. The first-order chi connectivity index (χ1) is 12.1. The van der Waals surface area contributed by atoms with E-state index >= 15 is 0 Å². The minimum Gasteiger partial charge on any atom is -0.497 e. The number of hydrogen-bond acceptors (Lipinski definition) is 5. The zero-order valence-electron chi connectivity index (χ0n) is 13.6. The molecule has 0 bridgehead atoms. The highest BCUT2D eigenvalue weighted by Gasteiger charge is 2.18. The van der Waals surface area contributed by atoms with Gasteiger partial charge >= 0.3 is 0 Å². The van der Waals surface area contributed by atoms with Crippen LogP contribution >= 0.6 is 0 Å². The zero-order chi connectivity index (χ0) is 17.8. The number of rotatable bonds is 5. The maximum absolute atomic E-state index is 12.2. The fourth-order valence-corrected chi connectivity index (χ4v) is 2.45. The lowest BCUT2D eigenvalue weighted by Gasteiger charge is -2.18. The molecule has 0 saturated carbocycles. The van der Waals surface area contributed by atoms with Crippen molar-refractivity contribution in [3.63, 3.8) is 0 Å². The molecule has 0 aliphatic carbocycles. The summed E-state index contributed by atoms with van der Waals surface area (Å²) in [7, 11) is 1.57. The van der Waals surface area contributed by atoms with Crippen LogP contribution in [0.3, 0.4) is 0 Å². The summed E-state index contributed by atoms with van der Waals surface area (Å²) < 4.78 is 10.4. The van der Waals surface area contributed by atoms with Gasteiger partial charge in [-0.25, -0.2) is 0 Å². The fraction of sp³-hybridized carbons (Fsp3) is 0.222. The number of anilines is 1. The minimum absolute atomic E-state index is 0.0693. The molecule has 2 aromatic rings. The third-order valence-corrected chi connectivity index (χ3v) is 3.83. The molecule has 0 aromatic heterocycles. The second-order valence-electron chi connectivity index (χ2n) is 5.55. The SMILES string of the molecule is COc1ccc(C(O)CNC(=O)c2ccc3c(c2)OCC(=O)N3)cc1. The Morgan fingerprint density at radius 1 is 1.32 bits per heavy atom. The Kier molecular flexibility index (Phi) is 4.85. The molecule has 2 amide bonds. The van der Waals surface area contributed by atoms with Crippen molar-refractivity contribution in [3.05, 3.63) is 53.6 Å². The number of ether oxygens (including phenoxy) is 2. The first-order valence-corrected chi connectivity index (χ1v) is 7.74. The molecule has 3 N–H and O–H groups in total. The number of fused-ring (bicyclic) bond motifs is 1. The third-order valence-electron chi connectivity index (χ3n) is 3.83. The molecule has 1 aliphatic heterocycles. The van der Waals surface area contributed by atoms with Crippen molar-refractivity contribution in [2.45, 2.75) is 6.10 Å². The van der Waals surface area contributed by atoms with Crippen LogP contribution in [0.15, 0.2) is 42.5 Å². The molecule has 7 heteroatoms. The van der Waals surface area contributed by atoms with Crippen molar-refractivity contribution in [2.24, 2.45) is 0 Å². The molecule has 1 atom stereocenters.